The van der Waals surface area contributed by atoms with Gasteiger partial charge in [0.05, 0.1) is 38.3 Å². The highest BCUT2D eigenvalue weighted by Gasteiger charge is 2.77. The maximum atomic E-state index is 2.49. The van der Waals surface area contributed by atoms with Crippen molar-refractivity contribution >= 4 is 0 Å². The lowest BCUT2D eigenvalue weighted by atomic mass is 9.56. The van der Waals surface area contributed by atoms with Gasteiger partial charge < -0.3 is 4.48 Å². The van der Waals surface area contributed by atoms with Crippen LogP contribution < -0.4 is 0 Å². The molecule has 4 unspecified atom stereocenters. The molecule has 0 N–H and O–H groups in total. The first kappa shape index (κ1) is 8.04. The lowest BCUT2D eigenvalue weighted by Crippen LogP contribution is -2.44. The minimum absolute atomic E-state index is 0.959. The van der Waals surface area contributed by atoms with Crippen molar-refractivity contribution in [3.05, 3.63) is 5.92 Å². The normalized spacial score (nSPS) is 68.4. The molecule has 2 saturated heterocycles. The van der Waals surface area contributed by atoms with Gasteiger partial charge in [0.25, 0.3) is 0 Å². The fourth-order valence-electron chi connectivity index (χ4n) is 5.40. The standard InChI is InChI=1S/C13H21N/c1-7-8(2)13-10-4-9(12(7)13)5-14(3)6-11(10)14/h7,9-13H,4-6H2,1-3H3/q+2/t7-,9+,10?,11?,12+,13?,14?/m1/s1. The van der Waals surface area contributed by atoms with Crippen molar-refractivity contribution in [3.8, 4) is 0 Å². The first-order valence-electron chi connectivity index (χ1n) is 6.29. The highest BCUT2D eigenvalue weighted by Crippen LogP contribution is 2.67. The van der Waals surface area contributed by atoms with Crippen LogP contribution in [0.25, 0.3) is 0 Å². The summed E-state index contributed by atoms with van der Waals surface area (Å²) >= 11 is 0. The molecule has 0 spiro atoms. The first-order valence-corrected chi connectivity index (χ1v) is 6.29. The molecule has 4 rings (SSSR count). The summed E-state index contributed by atoms with van der Waals surface area (Å²) in [5, 5.41) is 0. The third-order valence-corrected chi connectivity index (χ3v) is 6.23. The summed E-state index contributed by atoms with van der Waals surface area (Å²) in [4.78, 5) is 0. The lowest BCUT2D eigenvalue weighted by Gasteiger charge is -2.37. The van der Waals surface area contributed by atoms with E-state index >= 15 is 0 Å². The molecule has 1 heteroatoms. The highest BCUT2D eigenvalue weighted by molar-refractivity contribution is 5.22. The van der Waals surface area contributed by atoms with E-state index in [0.717, 1.165) is 35.6 Å². The Morgan fingerprint density at radius 2 is 2.07 bits per heavy atom. The van der Waals surface area contributed by atoms with Crippen LogP contribution in [0.5, 0.6) is 0 Å². The maximum Gasteiger partial charge on any atom is 0.146 e. The van der Waals surface area contributed by atoms with Crippen LogP contribution in [0.4, 0.5) is 0 Å². The van der Waals surface area contributed by atoms with Gasteiger partial charge in [-0.3, -0.25) is 0 Å². The Morgan fingerprint density at radius 1 is 1.29 bits per heavy atom. The van der Waals surface area contributed by atoms with Gasteiger partial charge in [-0.2, -0.15) is 0 Å². The van der Waals surface area contributed by atoms with Crippen LogP contribution in [0.2, 0.25) is 0 Å². The van der Waals surface area contributed by atoms with Crippen molar-refractivity contribution < 1.29 is 4.48 Å². The highest BCUT2D eigenvalue weighted by atomic mass is 15.5. The van der Waals surface area contributed by atoms with Crippen LogP contribution in [0.1, 0.15) is 20.3 Å². The first-order chi connectivity index (χ1) is 6.62. The molecule has 14 heavy (non-hydrogen) atoms. The van der Waals surface area contributed by atoms with Crippen molar-refractivity contribution in [2.24, 2.45) is 29.6 Å². The van der Waals surface area contributed by atoms with Crippen molar-refractivity contribution in [1.82, 2.24) is 0 Å². The number of hydrogen-bond acceptors (Lipinski definition) is 0. The summed E-state index contributed by atoms with van der Waals surface area (Å²) in [6.07, 6.45) is 1.58. The predicted octanol–water partition coefficient (Wildman–Crippen LogP) is 1.94. The fourth-order valence-corrected chi connectivity index (χ4v) is 5.40. The van der Waals surface area contributed by atoms with Crippen LogP contribution >= 0.6 is 0 Å². The minimum atomic E-state index is 0.959. The van der Waals surface area contributed by atoms with E-state index in [1.54, 1.807) is 6.42 Å². The quantitative estimate of drug-likeness (QED) is 0.312. The molecule has 0 aromatic carbocycles. The zero-order valence-electron chi connectivity index (χ0n) is 9.53. The summed E-state index contributed by atoms with van der Waals surface area (Å²) in [6, 6.07) is 1.07. The van der Waals surface area contributed by atoms with Gasteiger partial charge in [0.1, 0.15) is 24.4 Å². The molecule has 2 bridgehead atoms. The summed E-state index contributed by atoms with van der Waals surface area (Å²) in [7, 11) is 2.49. The van der Waals surface area contributed by atoms with Crippen molar-refractivity contribution in [3.63, 3.8) is 0 Å². The number of fused-ring (bicyclic) bond motifs is 7. The van der Waals surface area contributed by atoms with Crippen molar-refractivity contribution in [2.45, 2.75) is 26.3 Å². The number of hydrogen-bond donors (Lipinski definition) is 0. The Morgan fingerprint density at radius 3 is 2.86 bits per heavy atom. The predicted molar refractivity (Wildman–Crippen MR) is 56.4 cm³/mol. The van der Waals surface area contributed by atoms with E-state index in [2.05, 4.69) is 20.9 Å². The Balaban J connectivity index is 1.71. The molecule has 2 aliphatic heterocycles. The summed E-state index contributed by atoms with van der Waals surface area (Å²) in [5.41, 5.74) is 0. The minimum Gasteiger partial charge on any atom is -0.313 e. The molecule has 2 aliphatic carbocycles. The van der Waals surface area contributed by atoms with Gasteiger partial charge in [-0.1, -0.05) is 0 Å². The van der Waals surface area contributed by atoms with Crippen LogP contribution in [0.15, 0.2) is 0 Å². The zero-order valence-corrected chi connectivity index (χ0v) is 9.53. The summed E-state index contributed by atoms with van der Waals surface area (Å²) in [5.74, 6) is 7.15. The molecule has 0 amide bonds. The zero-order chi connectivity index (χ0) is 9.66. The Bertz CT molecular complexity index is 300. The summed E-state index contributed by atoms with van der Waals surface area (Å²) < 4.78 is 1.45. The van der Waals surface area contributed by atoms with E-state index < -0.39 is 0 Å². The number of piperidine rings is 1. The van der Waals surface area contributed by atoms with Gasteiger partial charge in [0.15, 0.2) is 0 Å². The van der Waals surface area contributed by atoms with Crippen molar-refractivity contribution in [1.29, 1.82) is 0 Å². The second kappa shape index (κ2) is 2.02. The Labute approximate surface area is 87.1 Å². The Hall–Kier alpha value is -0.170. The largest absolute Gasteiger partial charge is 0.313 e. The van der Waals surface area contributed by atoms with E-state index in [1.165, 1.54) is 17.6 Å². The summed E-state index contributed by atoms with van der Waals surface area (Å²) in [6.45, 7) is 7.92. The van der Waals surface area contributed by atoms with Crippen molar-refractivity contribution in [2.75, 3.05) is 20.1 Å². The molecule has 0 aromatic rings. The topological polar surface area (TPSA) is 0 Å². The Kier molecular flexibility index (Phi) is 1.16. The molecular weight excluding hydrogens is 170 g/mol. The number of quaternary nitrogens is 1. The third kappa shape index (κ3) is 0.661. The second-order valence-corrected chi connectivity index (χ2v) is 6.71. The molecule has 76 valence electrons. The van der Waals surface area contributed by atoms with E-state index in [1.807, 2.05) is 5.92 Å². The van der Waals surface area contributed by atoms with Gasteiger partial charge in [0, 0.05) is 5.92 Å². The van der Waals surface area contributed by atoms with Gasteiger partial charge in [0.2, 0.25) is 0 Å². The fraction of sp³-hybridized carbons (Fsp3) is 0.923. The van der Waals surface area contributed by atoms with Gasteiger partial charge in [-0.05, 0) is 13.3 Å². The number of rotatable bonds is 0. The second-order valence-electron chi connectivity index (χ2n) is 6.71. The molecule has 4 fully saturated rings. The average molecular weight is 191 g/mol. The molecule has 2 heterocycles. The van der Waals surface area contributed by atoms with Crippen LogP contribution in [-0.4, -0.2) is 30.7 Å². The van der Waals surface area contributed by atoms with Gasteiger partial charge in [-0.25, -0.2) is 0 Å². The lowest BCUT2D eigenvalue weighted by molar-refractivity contribution is -0.802. The van der Waals surface area contributed by atoms with E-state index in [-0.39, 0.29) is 0 Å². The molecule has 0 radical (unpaired) electrons. The van der Waals surface area contributed by atoms with E-state index in [0.29, 0.717) is 0 Å². The molecule has 7 atom stereocenters. The van der Waals surface area contributed by atoms with Gasteiger partial charge in [-0.15, -0.1) is 0 Å². The SMILES string of the molecule is C[C+]1C2C3C[C@@H](C[N+]4(C)CC34)[C@@H]2[C@@H]1C. The number of likely N-dealkylation sites (N-methyl/N-ethyl adjacent to an activating group) is 1. The van der Waals surface area contributed by atoms with Crippen LogP contribution in [0.3, 0.4) is 0 Å². The van der Waals surface area contributed by atoms with Gasteiger partial charge >= 0.3 is 0 Å². The monoisotopic (exact) mass is 191 g/mol. The van der Waals surface area contributed by atoms with E-state index in [4.69, 9.17) is 0 Å². The molecule has 2 saturated carbocycles. The van der Waals surface area contributed by atoms with Crippen LogP contribution in [-0.2, 0) is 0 Å². The molecular formula is C13H21N+2. The average Bonchev–Trinajstić information content (AvgIpc) is 2.72. The van der Waals surface area contributed by atoms with E-state index in [9.17, 15) is 0 Å². The molecule has 4 aliphatic rings. The smallest absolute Gasteiger partial charge is 0.146 e. The molecule has 0 aromatic heterocycles. The third-order valence-electron chi connectivity index (χ3n) is 6.23. The maximum absolute atomic E-state index is 2.49. The van der Waals surface area contributed by atoms with Crippen LogP contribution in [0, 0.1) is 35.5 Å². The number of nitrogens with zero attached hydrogens (tertiary/aromatic N) is 1. The molecule has 1 nitrogen and oxygen atoms in total.